The molecular formula is C25H22N2O4S. The summed E-state index contributed by atoms with van der Waals surface area (Å²) < 4.78 is 28.8. The second kappa shape index (κ2) is 8.02. The molecule has 0 saturated carbocycles. The quantitative estimate of drug-likeness (QED) is 0.347. The van der Waals surface area contributed by atoms with Crippen molar-refractivity contribution in [1.29, 1.82) is 0 Å². The fraction of sp³-hybridized carbons (Fsp3) is 0.160. The first kappa shape index (κ1) is 20.6. The standard InChI is InChI=1S/C25H22N2O4S/c28-16-21-20-13-7-8-14-22(20)27(32(30,31)19-11-5-2-6-12-19)24(21)25-23(17-29)26(25)15-18-9-3-1-4-10-18/h1-14,16,23,25,29H,15,17H2/t23-,25?,26?/m0/s1. The number of para-hydroxylation sites is 1. The summed E-state index contributed by atoms with van der Waals surface area (Å²) in [6.45, 7) is 0.407. The van der Waals surface area contributed by atoms with Crippen LogP contribution in [0.1, 0.15) is 27.7 Å². The number of carbonyl (C=O) groups is 1. The largest absolute Gasteiger partial charge is 0.395 e. The SMILES string of the molecule is O=Cc1c(C2[C@H](CO)N2Cc2ccccc2)n(S(=O)(=O)c2ccccc2)c2ccccc12. The molecule has 1 fully saturated rings. The maximum absolute atomic E-state index is 13.8. The van der Waals surface area contributed by atoms with E-state index >= 15 is 0 Å². The van der Waals surface area contributed by atoms with E-state index in [-0.39, 0.29) is 17.5 Å². The Labute approximate surface area is 186 Å². The predicted molar refractivity (Wildman–Crippen MR) is 122 cm³/mol. The zero-order chi connectivity index (χ0) is 22.3. The molecule has 7 heteroatoms. The van der Waals surface area contributed by atoms with E-state index in [1.165, 1.54) is 3.97 Å². The lowest BCUT2D eigenvalue weighted by atomic mass is 10.1. The van der Waals surface area contributed by atoms with Gasteiger partial charge in [-0.2, -0.15) is 0 Å². The third-order valence-electron chi connectivity index (χ3n) is 6.04. The Morgan fingerprint density at radius 3 is 2.16 bits per heavy atom. The van der Waals surface area contributed by atoms with E-state index in [2.05, 4.69) is 0 Å². The minimum absolute atomic E-state index is 0.136. The summed E-state index contributed by atoms with van der Waals surface area (Å²) in [6, 6.07) is 24.3. The molecule has 2 heterocycles. The van der Waals surface area contributed by atoms with Gasteiger partial charge in [0.05, 0.1) is 34.8 Å². The summed E-state index contributed by atoms with van der Waals surface area (Å²) >= 11 is 0. The van der Waals surface area contributed by atoms with Crippen molar-refractivity contribution in [2.75, 3.05) is 6.61 Å². The van der Waals surface area contributed by atoms with Crippen LogP contribution in [0.4, 0.5) is 0 Å². The summed E-state index contributed by atoms with van der Waals surface area (Å²) in [6.07, 6.45) is 0.724. The van der Waals surface area contributed by atoms with E-state index in [1.54, 1.807) is 54.6 Å². The van der Waals surface area contributed by atoms with Crippen molar-refractivity contribution in [3.05, 3.63) is 102 Å². The molecule has 6 nitrogen and oxygen atoms in total. The lowest BCUT2D eigenvalue weighted by Gasteiger charge is -2.13. The molecule has 0 aliphatic carbocycles. The summed E-state index contributed by atoms with van der Waals surface area (Å²) in [7, 11) is -3.97. The van der Waals surface area contributed by atoms with Crippen molar-refractivity contribution >= 4 is 27.2 Å². The van der Waals surface area contributed by atoms with Gasteiger partial charge in [-0.25, -0.2) is 12.4 Å². The molecule has 3 aromatic carbocycles. The van der Waals surface area contributed by atoms with E-state index < -0.39 is 16.1 Å². The molecule has 4 aromatic rings. The van der Waals surface area contributed by atoms with Crippen molar-refractivity contribution in [2.45, 2.75) is 23.5 Å². The summed E-state index contributed by atoms with van der Waals surface area (Å²) in [5, 5.41) is 10.6. The molecule has 0 radical (unpaired) electrons. The smallest absolute Gasteiger partial charge is 0.268 e. The molecule has 0 amide bonds. The van der Waals surface area contributed by atoms with Crippen LogP contribution in [0.25, 0.3) is 10.9 Å². The lowest BCUT2D eigenvalue weighted by Crippen LogP contribution is -2.17. The maximum Gasteiger partial charge on any atom is 0.268 e. The molecule has 162 valence electrons. The van der Waals surface area contributed by atoms with Gasteiger partial charge in [-0.05, 0) is 23.8 Å². The number of nitrogens with zero attached hydrogens (tertiary/aromatic N) is 2. The lowest BCUT2D eigenvalue weighted by molar-refractivity contribution is 0.112. The van der Waals surface area contributed by atoms with Crippen LogP contribution in [0.15, 0.2) is 89.8 Å². The molecule has 1 aromatic heterocycles. The fourth-order valence-corrected chi connectivity index (χ4v) is 6.10. The van der Waals surface area contributed by atoms with Gasteiger partial charge < -0.3 is 5.11 Å². The molecule has 1 saturated heterocycles. The number of aliphatic hydroxyl groups excluding tert-OH is 1. The highest BCUT2D eigenvalue weighted by atomic mass is 32.2. The molecule has 0 spiro atoms. The van der Waals surface area contributed by atoms with Crippen LogP contribution in [0.2, 0.25) is 0 Å². The van der Waals surface area contributed by atoms with E-state index in [4.69, 9.17) is 0 Å². The van der Waals surface area contributed by atoms with Crippen LogP contribution in [-0.4, -0.2) is 41.3 Å². The molecule has 1 aliphatic rings. The minimum Gasteiger partial charge on any atom is -0.395 e. The third-order valence-corrected chi connectivity index (χ3v) is 7.78. The average Bonchev–Trinajstić information content (AvgIpc) is 3.40. The van der Waals surface area contributed by atoms with Crippen molar-refractivity contribution in [3.63, 3.8) is 0 Å². The number of aliphatic hydroxyl groups is 1. The third kappa shape index (κ3) is 3.26. The Morgan fingerprint density at radius 2 is 1.50 bits per heavy atom. The van der Waals surface area contributed by atoms with E-state index in [0.29, 0.717) is 28.7 Å². The molecule has 1 N–H and O–H groups in total. The highest BCUT2D eigenvalue weighted by Crippen LogP contribution is 2.48. The zero-order valence-electron chi connectivity index (χ0n) is 17.2. The van der Waals surface area contributed by atoms with Crippen molar-refractivity contribution in [2.24, 2.45) is 0 Å². The molecule has 2 unspecified atom stereocenters. The topological polar surface area (TPSA) is 79.4 Å². The van der Waals surface area contributed by atoms with Crippen molar-refractivity contribution in [3.8, 4) is 0 Å². The highest BCUT2D eigenvalue weighted by Gasteiger charge is 2.51. The van der Waals surface area contributed by atoms with Gasteiger partial charge in [-0.1, -0.05) is 66.7 Å². The molecule has 32 heavy (non-hydrogen) atoms. The highest BCUT2D eigenvalue weighted by molar-refractivity contribution is 7.90. The van der Waals surface area contributed by atoms with Crippen molar-refractivity contribution < 1.29 is 18.3 Å². The number of carbonyl (C=O) groups excluding carboxylic acids is 1. The first-order chi connectivity index (χ1) is 15.6. The predicted octanol–water partition coefficient (Wildman–Crippen LogP) is 3.61. The van der Waals surface area contributed by atoms with Gasteiger partial charge in [0.15, 0.2) is 6.29 Å². The van der Waals surface area contributed by atoms with Crippen LogP contribution in [-0.2, 0) is 16.6 Å². The Bertz CT molecular complexity index is 1380. The monoisotopic (exact) mass is 446 g/mol. The molecular weight excluding hydrogens is 424 g/mol. The van der Waals surface area contributed by atoms with Gasteiger partial charge in [0.25, 0.3) is 10.0 Å². The normalized spacial score (nSPS) is 20.3. The number of fused-ring (bicyclic) bond motifs is 1. The van der Waals surface area contributed by atoms with Crippen LogP contribution in [0, 0.1) is 0 Å². The van der Waals surface area contributed by atoms with E-state index in [1.807, 2.05) is 35.2 Å². The van der Waals surface area contributed by atoms with Gasteiger partial charge >= 0.3 is 0 Å². The molecule has 3 atom stereocenters. The average molecular weight is 447 g/mol. The van der Waals surface area contributed by atoms with Crippen LogP contribution < -0.4 is 0 Å². The second-order valence-electron chi connectivity index (χ2n) is 7.87. The first-order valence-corrected chi connectivity index (χ1v) is 11.8. The van der Waals surface area contributed by atoms with Gasteiger partial charge in [0.2, 0.25) is 0 Å². The van der Waals surface area contributed by atoms with E-state index in [9.17, 15) is 18.3 Å². The number of benzene rings is 3. The van der Waals surface area contributed by atoms with Crippen LogP contribution in [0.5, 0.6) is 0 Å². The van der Waals surface area contributed by atoms with Gasteiger partial charge in [-0.3, -0.25) is 9.69 Å². The number of hydrogen-bond donors (Lipinski definition) is 1. The van der Waals surface area contributed by atoms with E-state index in [0.717, 1.165) is 11.8 Å². The summed E-state index contributed by atoms with van der Waals surface area (Å²) in [4.78, 5) is 14.4. The molecule has 0 bridgehead atoms. The van der Waals surface area contributed by atoms with Gasteiger partial charge in [0, 0.05) is 17.5 Å². The Balaban J connectivity index is 1.71. The number of rotatable bonds is 7. The second-order valence-corrected chi connectivity index (χ2v) is 9.66. The van der Waals surface area contributed by atoms with Gasteiger partial charge in [-0.15, -0.1) is 0 Å². The Hall–Kier alpha value is -3.26. The van der Waals surface area contributed by atoms with Crippen molar-refractivity contribution in [1.82, 2.24) is 8.87 Å². The molecule has 1 aliphatic heterocycles. The number of aromatic nitrogens is 1. The Morgan fingerprint density at radius 1 is 0.875 bits per heavy atom. The van der Waals surface area contributed by atoms with Gasteiger partial charge in [0.1, 0.15) is 0 Å². The zero-order valence-corrected chi connectivity index (χ0v) is 18.0. The first-order valence-electron chi connectivity index (χ1n) is 10.4. The number of aldehydes is 1. The summed E-state index contributed by atoms with van der Waals surface area (Å²) in [5.74, 6) is 0. The Kier molecular flexibility index (Phi) is 5.17. The molecule has 5 rings (SSSR count). The summed E-state index contributed by atoms with van der Waals surface area (Å²) in [5.41, 5.74) is 2.26. The fourth-order valence-electron chi connectivity index (χ4n) is 4.50. The number of hydrogen-bond acceptors (Lipinski definition) is 5. The van der Waals surface area contributed by atoms with Crippen LogP contribution in [0.3, 0.4) is 0 Å². The maximum atomic E-state index is 13.8. The van der Waals surface area contributed by atoms with Crippen LogP contribution >= 0.6 is 0 Å². The minimum atomic E-state index is -3.97.